The van der Waals surface area contributed by atoms with E-state index in [-0.39, 0.29) is 0 Å². The average molecular weight is 276 g/mol. The average Bonchev–Trinajstić information content (AvgIpc) is 3.28. The summed E-state index contributed by atoms with van der Waals surface area (Å²) in [5.41, 5.74) is 8.61. The second-order valence-electron chi connectivity index (χ2n) is 5.80. The molecule has 0 heterocycles. The molecule has 20 heavy (non-hydrogen) atoms. The highest BCUT2D eigenvalue weighted by Crippen LogP contribution is 2.35. The minimum atomic E-state index is 0.346. The Morgan fingerprint density at radius 3 is 2.65 bits per heavy atom. The van der Waals surface area contributed by atoms with Crippen molar-refractivity contribution in [3.05, 3.63) is 29.3 Å². The summed E-state index contributed by atoms with van der Waals surface area (Å²) in [4.78, 5) is 2.62. The SMILES string of the molecule is CCCCN(C1CC1)C(CN)c1ccc(OC)c(C)c1. The number of hydrogen-bond acceptors (Lipinski definition) is 3. The fourth-order valence-corrected chi connectivity index (χ4v) is 2.91. The number of nitrogens with zero attached hydrogens (tertiary/aromatic N) is 1. The Labute approximate surface area is 123 Å². The molecule has 0 radical (unpaired) electrons. The van der Waals surface area contributed by atoms with Crippen molar-refractivity contribution < 1.29 is 4.74 Å². The van der Waals surface area contributed by atoms with Gasteiger partial charge in [-0.2, -0.15) is 0 Å². The topological polar surface area (TPSA) is 38.5 Å². The number of unbranched alkanes of at least 4 members (excludes halogenated alkanes) is 1. The number of nitrogens with two attached hydrogens (primary N) is 1. The number of ether oxygens (including phenoxy) is 1. The Hall–Kier alpha value is -1.06. The standard InChI is InChI=1S/C17H28N2O/c1-4-5-10-19(15-7-8-15)16(12-18)14-6-9-17(20-3)13(2)11-14/h6,9,11,15-16H,4-5,7-8,10,12,18H2,1-3H3. The number of benzene rings is 1. The first-order chi connectivity index (χ1) is 9.71. The Morgan fingerprint density at radius 2 is 2.15 bits per heavy atom. The molecule has 0 aliphatic heterocycles. The maximum atomic E-state index is 6.09. The molecule has 1 saturated carbocycles. The summed E-state index contributed by atoms with van der Waals surface area (Å²) in [6.45, 7) is 6.20. The lowest BCUT2D eigenvalue weighted by Gasteiger charge is -2.31. The third kappa shape index (κ3) is 3.53. The maximum Gasteiger partial charge on any atom is 0.121 e. The zero-order valence-corrected chi connectivity index (χ0v) is 13.1. The Balaban J connectivity index is 2.18. The molecule has 1 aromatic carbocycles. The van der Waals surface area contributed by atoms with Crippen molar-refractivity contribution in [3.63, 3.8) is 0 Å². The largest absolute Gasteiger partial charge is 0.496 e. The molecule has 3 heteroatoms. The highest BCUT2D eigenvalue weighted by Gasteiger charge is 2.33. The van der Waals surface area contributed by atoms with Crippen LogP contribution < -0.4 is 10.5 Å². The van der Waals surface area contributed by atoms with E-state index < -0.39 is 0 Å². The molecule has 1 aliphatic carbocycles. The van der Waals surface area contributed by atoms with E-state index in [0.29, 0.717) is 12.6 Å². The summed E-state index contributed by atoms with van der Waals surface area (Å²) in [5, 5.41) is 0. The van der Waals surface area contributed by atoms with Gasteiger partial charge in [0.25, 0.3) is 0 Å². The molecule has 0 saturated heterocycles. The molecule has 1 atom stereocenters. The lowest BCUT2D eigenvalue weighted by Crippen LogP contribution is -2.36. The van der Waals surface area contributed by atoms with Crippen LogP contribution in [0.4, 0.5) is 0 Å². The van der Waals surface area contributed by atoms with Crippen molar-refractivity contribution in [2.45, 2.75) is 51.6 Å². The monoisotopic (exact) mass is 276 g/mol. The summed E-state index contributed by atoms with van der Waals surface area (Å²) in [6, 6.07) is 7.57. The molecule has 1 aromatic rings. The van der Waals surface area contributed by atoms with Gasteiger partial charge in [0.1, 0.15) is 5.75 Å². The van der Waals surface area contributed by atoms with Crippen molar-refractivity contribution in [2.75, 3.05) is 20.2 Å². The third-order valence-electron chi connectivity index (χ3n) is 4.21. The number of rotatable bonds is 8. The third-order valence-corrected chi connectivity index (χ3v) is 4.21. The molecular formula is C17H28N2O. The Bertz CT molecular complexity index is 429. The zero-order valence-electron chi connectivity index (χ0n) is 13.1. The molecule has 0 bridgehead atoms. The number of aryl methyl sites for hydroxylation is 1. The van der Waals surface area contributed by atoms with Gasteiger partial charge in [-0.1, -0.05) is 25.5 Å². The number of methoxy groups -OCH3 is 1. The normalized spacial score (nSPS) is 16.4. The fourth-order valence-electron chi connectivity index (χ4n) is 2.91. The molecule has 0 amide bonds. The van der Waals surface area contributed by atoms with Gasteiger partial charge < -0.3 is 10.5 Å². The molecule has 1 unspecified atom stereocenters. The molecule has 1 fully saturated rings. The van der Waals surface area contributed by atoms with Gasteiger partial charge in [0.15, 0.2) is 0 Å². The van der Waals surface area contributed by atoms with Crippen molar-refractivity contribution >= 4 is 0 Å². The summed E-state index contributed by atoms with van der Waals surface area (Å²) < 4.78 is 5.35. The minimum absolute atomic E-state index is 0.346. The van der Waals surface area contributed by atoms with Gasteiger partial charge in [-0.15, -0.1) is 0 Å². The van der Waals surface area contributed by atoms with Crippen molar-refractivity contribution in [3.8, 4) is 5.75 Å². The van der Waals surface area contributed by atoms with Crippen LogP contribution in [0.3, 0.4) is 0 Å². The summed E-state index contributed by atoms with van der Waals surface area (Å²) in [7, 11) is 1.72. The van der Waals surface area contributed by atoms with Gasteiger partial charge in [0, 0.05) is 18.6 Å². The quantitative estimate of drug-likeness (QED) is 0.792. The number of hydrogen-bond donors (Lipinski definition) is 1. The highest BCUT2D eigenvalue weighted by atomic mass is 16.5. The first-order valence-corrected chi connectivity index (χ1v) is 7.81. The van der Waals surface area contributed by atoms with E-state index in [1.54, 1.807) is 7.11 Å². The summed E-state index contributed by atoms with van der Waals surface area (Å²) in [5.74, 6) is 0.955. The molecule has 0 spiro atoms. The predicted octanol–water partition coefficient (Wildman–Crippen LogP) is 3.27. The molecular weight excluding hydrogens is 248 g/mol. The Morgan fingerprint density at radius 1 is 1.40 bits per heavy atom. The van der Waals surface area contributed by atoms with Crippen LogP contribution in [0.5, 0.6) is 5.75 Å². The van der Waals surface area contributed by atoms with Crippen molar-refractivity contribution in [1.29, 1.82) is 0 Å². The van der Waals surface area contributed by atoms with E-state index in [2.05, 4.69) is 36.9 Å². The Kier molecular flexibility index (Phi) is 5.44. The smallest absolute Gasteiger partial charge is 0.121 e. The fraction of sp³-hybridized carbons (Fsp3) is 0.647. The minimum Gasteiger partial charge on any atom is -0.496 e. The highest BCUT2D eigenvalue weighted by molar-refractivity contribution is 5.37. The van der Waals surface area contributed by atoms with E-state index in [1.807, 2.05) is 0 Å². The van der Waals surface area contributed by atoms with Gasteiger partial charge in [-0.3, -0.25) is 4.90 Å². The lowest BCUT2D eigenvalue weighted by molar-refractivity contribution is 0.188. The van der Waals surface area contributed by atoms with Gasteiger partial charge in [-0.25, -0.2) is 0 Å². The van der Waals surface area contributed by atoms with E-state index >= 15 is 0 Å². The molecule has 2 rings (SSSR count). The second kappa shape index (κ2) is 7.09. The van der Waals surface area contributed by atoms with E-state index in [9.17, 15) is 0 Å². The van der Waals surface area contributed by atoms with Crippen LogP contribution in [-0.2, 0) is 0 Å². The summed E-state index contributed by atoms with van der Waals surface area (Å²) >= 11 is 0. The molecule has 0 aromatic heterocycles. The molecule has 112 valence electrons. The first-order valence-electron chi connectivity index (χ1n) is 7.81. The van der Waals surface area contributed by atoms with Gasteiger partial charge in [-0.05, 0) is 49.9 Å². The lowest BCUT2D eigenvalue weighted by atomic mass is 10.0. The van der Waals surface area contributed by atoms with Crippen LogP contribution in [0, 0.1) is 6.92 Å². The van der Waals surface area contributed by atoms with Gasteiger partial charge in [0.2, 0.25) is 0 Å². The van der Waals surface area contributed by atoms with Gasteiger partial charge in [0.05, 0.1) is 7.11 Å². The molecule has 2 N–H and O–H groups in total. The molecule has 3 nitrogen and oxygen atoms in total. The van der Waals surface area contributed by atoms with E-state index in [0.717, 1.165) is 18.3 Å². The van der Waals surface area contributed by atoms with Crippen LogP contribution in [0.15, 0.2) is 18.2 Å². The van der Waals surface area contributed by atoms with Crippen molar-refractivity contribution in [1.82, 2.24) is 4.90 Å². The van der Waals surface area contributed by atoms with Crippen LogP contribution in [0.25, 0.3) is 0 Å². The van der Waals surface area contributed by atoms with Crippen LogP contribution in [0.1, 0.15) is 49.8 Å². The van der Waals surface area contributed by atoms with Gasteiger partial charge >= 0.3 is 0 Å². The van der Waals surface area contributed by atoms with Crippen molar-refractivity contribution in [2.24, 2.45) is 5.73 Å². The van der Waals surface area contributed by atoms with E-state index in [1.165, 1.54) is 36.8 Å². The summed E-state index contributed by atoms with van der Waals surface area (Å²) in [6.07, 6.45) is 5.15. The second-order valence-corrected chi connectivity index (χ2v) is 5.80. The van der Waals surface area contributed by atoms with Crippen LogP contribution in [0.2, 0.25) is 0 Å². The maximum absolute atomic E-state index is 6.09. The predicted molar refractivity (Wildman–Crippen MR) is 84.2 cm³/mol. The zero-order chi connectivity index (χ0) is 14.5. The van der Waals surface area contributed by atoms with Crippen LogP contribution >= 0.6 is 0 Å². The van der Waals surface area contributed by atoms with E-state index in [4.69, 9.17) is 10.5 Å². The first kappa shape index (κ1) is 15.3. The molecule has 1 aliphatic rings. The van der Waals surface area contributed by atoms with Crippen LogP contribution in [-0.4, -0.2) is 31.1 Å².